The minimum atomic E-state index is -1.000. The predicted molar refractivity (Wildman–Crippen MR) is 143 cm³/mol. The summed E-state index contributed by atoms with van der Waals surface area (Å²) in [6.45, 7) is 7.53. The number of ether oxygens (including phenoxy) is 2. The number of hydrogen-bond donors (Lipinski definition) is 2. The Labute approximate surface area is 220 Å². The van der Waals surface area contributed by atoms with Gasteiger partial charge in [0.25, 0.3) is 11.7 Å². The molecule has 192 valence electrons. The van der Waals surface area contributed by atoms with Crippen molar-refractivity contribution in [1.82, 2.24) is 0 Å². The van der Waals surface area contributed by atoms with Crippen LogP contribution in [0, 0.1) is 20.8 Å². The highest BCUT2D eigenvalue weighted by atomic mass is 35.5. The average molecular weight is 522 g/mol. The van der Waals surface area contributed by atoms with Crippen LogP contribution in [0.5, 0.6) is 17.2 Å². The molecule has 1 heterocycles. The van der Waals surface area contributed by atoms with Crippen molar-refractivity contribution in [1.29, 1.82) is 0 Å². The smallest absolute Gasteiger partial charge is 0.300 e. The van der Waals surface area contributed by atoms with Gasteiger partial charge in [-0.15, -0.1) is 0 Å². The van der Waals surface area contributed by atoms with Crippen LogP contribution in [0.3, 0.4) is 0 Å². The quantitative estimate of drug-likeness (QED) is 0.234. The molecular formula is C29H28ClNO6. The normalized spacial score (nSPS) is 16.8. The number of methoxy groups -OCH3 is 1. The van der Waals surface area contributed by atoms with Gasteiger partial charge in [-0.3, -0.25) is 14.5 Å². The first-order valence-corrected chi connectivity index (χ1v) is 12.1. The predicted octanol–water partition coefficient (Wildman–Crippen LogP) is 6.00. The van der Waals surface area contributed by atoms with Gasteiger partial charge in [0.1, 0.15) is 11.5 Å². The molecule has 4 rings (SSSR count). The molecule has 1 aliphatic rings. The summed E-state index contributed by atoms with van der Waals surface area (Å²) >= 11 is 6.37. The van der Waals surface area contributed by atoms with E-state index in [0.29, 0.717) is 39.8 Å². The minimum Gasteiger partial charge on any atom is -0.507 e. The molecule has 2 N–H and O–H groups in total. The molecule has 3 aromatic rings. The number of aliphatic hydroxyl groups is 1. The lowest BCUT2D eigenvalue weighted by atomic mass is 9.92. The van der Waals surface area contributed by atoms with Gasteiger partial charge >= 0.3 is 0 Å². The molecule has 0 radical (unpaired) electrons. The zero-order chi connectivity index (χ0) is 27.0. The molecule has 1 aliphatic heterocycles. The third-order valence-electron chi connectivity index (χ3n) is 6.47. The molecule has 3 aromatic carbocycles. The first kappa shape index (κ1) is 26.1. The van der Waals surface area contributed by atoms with Crippen molar-refractivity contribution in [3.8, 4) is 17.2 Å². The Morgan fingerprint density at radius 1 is 0.973 bits per heavy atom. The second-order valence-electron chi connectivity index (χ2n) is 8.90. The second-order valence-corrected chi connectivity index (χ2v) is 9.31. The summed E-state index contributed by atoms with van der Waals surface area (Å²) in [5, 5.41) is 22.2. The fourth-order valence-electron chi connectivity index (χ4n) is 4.53. The van der Waals surface area contributed by atoms with E-state index in [2.05, 4.69) is 0 Å². The molecule has 7 nitrogen and oxygen atoms in total. The van der Waals surface area contributed by atoms with Gasteiger partial charge in [-0.2, -0.15) is 0 Å². The number of aryl methyl sites for hydroxylation is 3. The van der Waals surface area contributed by atoms with Crippen molar-refractivity contribution in [2.75, 3.05) is 18.6 Å². The van der Waals surface area contributed by atoms with Gasteiger partial charge in [-0.1, -0.05) is 23.7 Å². The number of aliphatic hydroxyl groups excluding tert-OH is 1. The average Bonchev–Trinajstić information content (AvgIpc) is 3.13. The molecular weight excluding hydrogens is 494 g/mol. The monoisotopic (exact) mass is 521 g/mol. The van der Waals surface area contributed by atoms with Gasteiger partial charge in [-0.05, 0) is 86.3 Å². The zero-order valence-electron chi connectivity index (χ0n) is 21.3. The summed E-state index contributed by atoms with van der Waals surface area (Å²) in [7, 11) is 1.56. The summed E-state index contributed by atoms with van der Waals surface area (Å²) < 4.78 is 10.9. The van der Waals surface area contributed by atoms with E-state index in [1.54, 1.807) is 63.4 Å². The number of rotatable bonds is 6. The van der Waals surface area contributed by atoms with Crippen LogP contribution >= 0.6 is 11.6 Å². The summed E-state index contributed by atoms with van der Waals surface area (Å²) in [6, 6.07) is 12.2. The van der Waals surface area contributed by atoms with Crippen molar-refractivity contribution < 1.29 is 29.3 Å². The second kappa shape index (κ2) is 10.2. The van der Waals surface area contributed by atoms with Crippen molar-refractivity contribution in [2.45, 2.75) is 33.7 Å². The number of carbonyl (C=O) groups is 2. The van der Waals surface area contributed by atoms with Crippen LogP contribution in [-0.2, 0) is 9.59 Å². The lowest BCUT2D eigenvalue weighted by Gasteiger charge is -2.26. The molecule has 0 aromatic heterocycles. The molecule has 0 bridgehead atoms. The highest BCUT2D eigenvalue weighted by Crippen LogP contribution is 2.45. The number of halogens is 1. The number of nitrogens with zero attached hydrogens (tertiary/aromatic N) is 1. The fraction of sp³-hybridized carbons (Fsp3) is 0.241. The summed E-state index contributed by atoms with van der Waals surface area (Å²) in [5.74, 6) is -1.19. The number of anilines is 1. The van der Waals surface area contributed by atoms with Crippen LogP contribution in [-0.4, -0.2) is 35.6 Å². The maximum absolute atomic E-state index is 13.5. The lowest BCUT2D eigenvalue weighted by molar-refractivity contribution is -0.132. The largest absolute Gasteiger partial charge is 0.507 e. The van der Waals surface area contributed by atoms with Crippen molar-refractivity contribution >= 4 is 34.7 Å². The van der Waals surface area contributed by atoms with E-state index in [9.17, 15) is 19.8 Å². The van der Waals surface area contributed by atoms with E-state index < -0.39 is 17.7 Å². The maximum Gasteiger partial charge on any atom is 0.300 e. The van der Waals surface area contributed by atoms with Gasteiger partial charge in [0.2, 0.25) is 0 Å². The number of phenols is 1. The topological polar surface area (TPSA) is 96.3 Å². The van der Waals surface area contributed by atoms with Crippen molar-refractivity contribution in [3.05, 3.63) is 86.9 Å². The number of amides is 1. The standard InChI is InChI=1S/C29H28ClNO6/c1-6-37-24-13-18(8-10-22(24)32)26-25(27(33)20-11-17(4)23(36-5)12-16(20)3)28(34)29(35)31(26)19-9-7-15(2)21(30)14-19/h7-14,26,32-33H,6H2,1-5H3/b27-25+. The molecule has 0 saturated carbocycles. The first-order valence-electron chi connectivity index (χ1n) is 11.8. The van der Waals surface area contributed by atoms with E-state index in [4.69, 9.17) is 21.1 Å². The number of carbonyl (C=O) groups excluding carboxylic acids is 2. The van der Waals surface area contributed by atoms with E-state index in [1.165, 1.54) is 11.0 Å². The molecule has 37 heavy (non-hydrogen) atoms. The minimum absolute atomic E-state index is 0.0810. The highest BCUT2D eigenvalue weighted by Gasteiger charge is 2.47. The van der Waals surface area contributed by atoms with Gasteiger partial charge < -0.3 is 19.7 Å². The van der Waals surface area contributed by atoms with Crippen LogP contribution < -0.4 is 14.4 Å². The van der Waals surface area contributed by atoms with E-state index in [0.717, 1.165) is 11.1 Å². The molecule has 1 fully saturated rings. The number of benzene rings is 3. The zero-order valence-corrected chi connectivity index (χ0v) is 22.0. The Hall–Kier alpha value is -3.97. The molecule has 1 amide bonds. The number of aromatic hydroxyl groups is 1. The van der Waals surface area contributed by atoms with Gasteiger partial charge in [0.05, 0.1) is 25.3 Å². The van der Waals surface area contributed by atoms with E-state index >= 15 is 0 Å². The first-order chi connectivity index (χ1) is 17.6. The third kappa shape index (κ3) is 4.62. The molecule has 0 spiro atoms. The molecule has 0 aliphatic carbocycles. The van der Waals surface area contributed by atoms with Crippen LogP contribution in [0.15, 0.2) is 54.1 Å². The number of Topliss-reactive ketones (excluding diaryl/α,β-unsaturated/α-hetero) is 1. The molecule has 8 heteroatoms. The summed E-state index contributed by atoms with van der Waals surface area (Å²) in [4.78, 5) is 28.3. The summed E-state index contributed by atoms with van der Waals surface area (Å²) in [5.41, 5.74) is 3.44. The van der Waals surface area contributed by atoms with Gasteiger partial charge in [-0.25, -0.2) is 0 Å². The lowest BCUT2D eigenvalue weighted by Crippen LogP contribution is -2.29. The molecule has 1 unspecified atom stereocenters. The molecule has 1 saturated heterocycles. The van der Waals surface area contributed by atoms with Crippen LogP contribution in [0.2, 0.25) is 5.02 Å². The number of ketones is 1. The third-order valence-corrected chi connectivity index (χ3v) is 6.88. The fourth-order valence-corrected chi connectivity index (χ4v) is 4.70. The SMILES string of the molecule is CCOc1cc(C2/C(=C(\O)c3cc(C)c(OC)cc3C)C(=O)C(=O)N2c2ccc(C)c(Cl)c2)ccc1O. The highest BCUT2D eigenvalue weighted by molar-refractivity contribution is 6.51. The maximum atomic E-state index is 13.5. The van der Waals surface area contributed by atoms with Gasteiger partial charge in [0, 0.05) is 16.3 Å². The number of hydrogen-bond acceptors (Lipinski definition) is 6. The summed E-state index contributed by atoms with van der Waals surface area (Å²) in [6.07, 6.45) is 0. The van der Waals surface area contributed by atoms with Crippen LogP contribution in [0.1, 0.15) is 40.8 Å². The number of phenolic OH excluding ortho intramolecular Hbond substituents is 1. The Bertz CT molecular complexity index is 1440. The van der Waals surface area contributed by atoms with Crippen molar-refractivity contribution in [2.24, 2.45) is 0 Å². The Morgan fingerprint density at radius 2 is 1.70 bits per heavy atom. The molecule has 1 atom stereocenters. The van der Waals surface area contributed by atoms with E-state index in [1.807, 2.05) is 13.8 Å². The van der Waals surface area contributed by atoms with Crippen molar-refractivity contribution in [3.63, 3.8) is 0 Å². The Kier molecular flexibility index (Phi) is 7.18. The Balaban J connectivity index is 2.00. The van der Waals surface area contributed by atoms with Crippen LogP contribution in [0.25, 0.3) is 5.76 Å². The van der Waals surface area contributed by atoms with Gasteiger partial charge in [0.15, 0.2) is 11.5 Å². The van der Waals surface area contributed by atoms with Crippen LogP contribution in [0.4, 0.5) is 5.69 Å². The Morgan fingerprint density at radius 3 is 2.35 bits per heavy atom. The van der Waals surface area contributed by atoms with E-state index in [-0.39, 0.29) is 22.8 Å².